The zero-order valence-corrected chi connectivity index (χ0v) is 12.2. The van der Waals surface area contributed by atoms with Crippen LogP contribution in [0.5, 0.6) is 0 Å². The van der Waals surface area contributed by atoms with E-state index in [1.54, 1.807) is 5.32 Å². The minimum atomic E-state index is -7.01. The van der Waals surface area contributed by atoms with Crippen LogP contribution in [0.2, 0.25) is 0 Å². The Morgan fingerprint density at radius 2 is 1.31 bits per heavy atom. The first-order chi connectivity index (χ1) is 11.6. The van der Waals surface area contributed by atoms with Crippen LogP contribution >= 0.6 is 0 Å². The predicted molar refractivity (Wildman–Crippen MR) is 67.1 cm³/mol. The Morgan fingerprint density at radius 1 is 0.808 bits per heavy atom. The molecule has 0 saturated heterocycles. The van der Waals surface area contributed by atoms with Crippen LogP contribution in [0.4, 0.5) is 54.4 Å². The van der Waals surface area contributed by atoms with Crippen molar-refractivity contribution in [3.8, 4) is 0 Å². The SMILES string of the molecule is O=C(Nc1ccccc1)NC1(F)C(F)C(F)(F)C(F)(F)C(F)(F)C1(F)F. The van der Waals surface area contributed by atoms with E-state index in [9.17, 15) is 48.7 Å². The molecule has 2 amide bonds. The van der Waals surface area contributed by atoms with Crippen molar-refractivity contribution in [1.29, 1.82) is 0 Å². The summed E-state index contributed by atoms with van der Waals surface area (Å²) < 4.78 is 134. The molecule has 0 heterocycles. The third-order valence-corrected chi connectivity index (χ3v) is 3.66. The molecule has 1 aromatic rings. The number of urea groups is 1. The number of para-hydroxylation sites is 1. The van der Waals surface area contributed by atoms with Gasteiger partial charge in [0, 0.05) is 5.69 Å². The van der Waals surface area contributed by atoms with Gasteiger partial charge < -0.3 is 5.32 Å². The summed E-state index contributed by atoms with van der Waals surface area (Å²) in [5.41, 5.74) is -0.244. The van der Waals surface area contributed by atoms with E-state index in [-0.39, 0.29) is 5.69 Å². The van der Waals surface area contributed by atoms with Gasteiger partial charge in [0.05, 0.1) is 0 Å². The summed E-state index contributed by atoms with van der Waals surface area (Å²) >= 11 is 0. The first-order valence-electron chi connectivity index (χ1n) is 6.61. The Bertz CT molecular complexity index is 695. The van der Waals surface area contributed by atoms with Gasteiger partial charge in [0.1, 0.15) is 0 Å². The van der Waals surface area contributed by atoms with Gasteiger partial charge in [-0.2, -0.15) is 35.1 Å². The largest absolute Gasteiger partial charge is 0.383 e. The quantitative estimate of drug-likeness (QED) is 0.564. The van der Waals surface area contributed by atoms with Crippen molar-refractivity contribution in [3.63, 3.8) is 0 Å². The topological polar surface area (TPSA) is 41.1 Å². The molecule has 2 rings (SSSR count). The van der Waals surface area contributed by atoms with Crippen molar-refractivity contribution in [1.82, 2.24) is 5.32 Å². The molecule has 0 bridgehead atoms. The molecule has 13 heteroatoms. The highest BCUT2D eigenvalue weighted by molar-refractivity contribution is 5.89. The van der Waals surface area contributed by atoms with Crippen molar-refractivity contribution in [2.24, 2.45) is 0 Å². The van der Waals surface area contributed by atoms with Crippen molar-refractivity contribution >= 4 is 11.7 Å². The van der Waals surface area contributed by atoms with Gasteiger partial charge in [-0.1, -0.05) is 18.2 Å². The maximum absolute atomic E-state index is 14.2. The van der Waals surface area contributed by atoms with Crippen LogP contribution in [0.15, 0.2) is 30.3 Å². The number of anilines is 1. The Morgan fingerprint density at radius 3 is 1.81 bits per heavy atom. The van der Waals surface area contributed by atoms with Crippen LogP contribution in [-0.4, -0.2) is 41.7 Å². The first-order valence-corrected chi connectivity index (χ1v) is 6.61. The number of nitrogens with one attached hydrogen (secondary N) is 2. The minimum absolute atomic E-state index is 0.244. The van der Waals surface area contributed by atoms with Crippen molar-refractivity contribution < 1.29 is 48.7 Å². The fraction of sp³-hybridized carbons (Fsp3) is 0.462. The van der Waals surface area contributed by atoms with Crippen LogP contribution in [0.1, 0.15) is 0 Å². The van der Waals surface area contributed by atoms with E-state index in [1.165, 1.54) is 18.2 Å². The van der Waals surface area contributed by atoms with E-state index >= 15 is 0 Å². The van der Waals surface area contributed by atoms with Crippen LogP contribution in [0.3, 0.4) is 0 Å². The molecule has 0 spiro atoms. The lowest BCUT2D eigenvalue weighted by molar-refractivity contribution is -0.444. The summed E-state index contributed by atoms with van der Waals surface area (Å²) in [5.74, 6) is -33.0. The molecule has 2 atom stereocenters. The smallest absolute Gasteiger partial charge is 0.308 e. The maximum atomic E-state index is 14.2. The summed E-state index contributed by atoms with van der Waals surface area (Å²) in [4.78, 5) is 11.5. The number of halogens is 10. The van der Waals surface area contributed by atoms with Gasteiger partial charge in [-0.3, -0.25) is 5.32 Å². The minimum Gasteiger partial charge on any atom is -0.308 e. The van der Waals surface area contributed by atoms with Crippen molar-refractivity contribution in [2.45, 2.75) is 35.7 Å². The average Bonchev–Trinajstić information content (AvgIpc) is 2.53. The Hall–Kier alpha value is -2.21. The summed E-state index contributed by atoms with van der Waals surface area (Å²) in [6, 6.07) is 4.00. The molecule has 2 unspecified atom stereocenters. The number of rotatable bonds is 2. The van der Waals surface area contributed by atoms with E-state index in [4.69, 9.17) is 0 Å². The van der Waals surface area contributed by atoms with Crippen molar-refractivity contribution in [3.05, 3.63) is 30.3 Å². The molecule has 0 aromatic heterocycles. The number of benzene rings is 1. The molecular formula is C13H8F10N2O. The third-order valence-electron chi connectivity index (χ3n) is 3.66. The van der Waals surface area contributed by atoms with Gasteiger partial charge in [-0.05, 0) is 12.1 Å². The molecule has 0 radical (unpaired) electrons. The van der Waals surface area contributed by atoms with Gasteiger partial charge in [0.25, 0.3) is 5.79 Å². The molecule has 26 heavy (non-hydrogen) atoms. The maximum Gasteiger partial charge on any atom is 0.383 e. The van der Waals surface area contributed by atoms with Crippen LogP contribution in [0, 0.1) is 0 Å². The number of amides is 2. The summed E-state index contributed by atoms with van der Waals surface area (Å²) in [6.45, 7) is 0. The van der Waals surface area contributed by atoms with E-state index in [0.29, 0.717) is 5.32 Å². The number of hydrogen-bond donors (Lipinski definition) is 2. The lowest BCUT2D eigenvalue weighted by atomic mass is 9.78. The molecule has 1 saturated carbocycles. The first kappa shape index (κ1) is 20.1. The molecule has 1 aromatic carbocycles. The molecule has 1 aliphatic rings. The molecule has 146 valence electrons. The standard InChI is InChI=1S/C13H8F10N2O/c14-7-9(15,16)11(18,19)13(22,23)12(20,21)10(7,17)25-8(26)24-6-4-2-1-3-5-6/h1-5,7H,(H2,24,25,26). The number of alkyl halides is 10. The summed E-state index contributed by atoms with van der Waals surface area (Å²) in [6.07, 6.45) is -5.18. The Balaban J connectivity index is 2.43. The highest BCUT2D eigenvalue weighted by Gasteiger charge is 2.95. The molecule has 1 fully saturated rings. The second kappa shape index (κ2) is 5.64. The van der Waals surface area contributed by atoms with E-state index in [1.807, 2.05) is 0 Å². The monoisotopic (exact) mass is 398 g/mol. The Labute approximate surface area is 138 Å². The van der Waals surface area contributed by atoms with E-state index < -0.39 is 41.7 Å². The lowest BCUT2D eigenvalue weighted by Crippen LogP contribution is -2.83. The third kappa shape index (κ3) is 2.39. The van der Waals surface area contributed by atoms with E-state index in [2.05, 4.69) is 0 Å². The predicted octanol–water partition coefficient (Wildman–Crippen LogP) is 4.37. The number of carbonyl (C=O) groups is 1. The lowest BCUT2D eigenvalue weighted by Gasteiger charge is -2.50. The molecule has 2 N–H and O–H groups in total. The highest BCUT2D eigenvalue weighted by Crippen LogP contribution is 2.64. The van der Waals surface area contributed by atoms with Gasteiger partial charge >= 0.3 is 29.7 Å². The van der Waals surface area contributed by atoms with Gasteiger partial charge in [0.2, 0.25) is 6.17 Å². The zero-order chi connectivity index (χ0) is 20.2. The van der Waals surface area contributed by atoms with Crippen LogP contribution in [-0.2, 0) is 0 Å². The fourth-order valence-electron chi connectivity index (χ4n) is 2.19. The van der Waals surface area contributed by atoms with Crippen LogP contribution in [0.25, 0.3) is 0 Å². The van der Waals surface area contributed by atoms with Gasteiger partial charge in [-0.25, -0.2) is 13.6 Å². The fourth-order valence-corrected chi connectivity index (χ4v) is 2.19. The average molecular weight is 398 g/mol. The van der Waals surface area contributed by atoms with Gasteiger partial charge in [0.15, 0.2) is 0 Å². The highest BCUT2D eigenvalue weighted by atomic mass is 19.4. The van der Waals surface area contributed by atoms with Crippen LogP contribution < -0.4 is 10.6 Å². The molecule has 0 aliphatic heterocycles. The summed E-state index contributed by atoms with van der Waals surface area (Å²) in [7, 11) is 0. The second-order valence-electron chi connectivity index (χ2n) is 5.37. The van der Waals surface area contributed by atoms with Gasteiger partial charge in [-0.15, -0.1) is 0 Å². The summed E-state index contributed by atoms with van der Waals surface area (Å²) in [5, 5.41) is 1.88. The molecule has 3 nitrogen and oxygen atoms in total. The molecular weight excluding hydrogens is 390 g/mol. The Kier molecular flexibility index (Phi) is 4.36. The van der Waals surface area contributed by atoms with Crippen molar-refractivity contribution in [2.75, 3.05) is 5.32 Å². The number of carbonyl (C=O) groups excluding carboxylic acids is 1. The number of hydrogen-bond acceptors (Lipinski definition) is 1. The zero-order valence-electron chi connectivity index (χ0n) is 12.2. The van der Waals surface area contributed by atoms with E-state index in [0.717, 1.165) is 12.1 Å². The second-order valence-corrected chi connectivity index (χ2v) is 5.37. The normalized spacial score (nSPS) is 31.1. The molecule has 1 aliphatic carbocycles.